The maximum Gasteiger partial charge on any atom is 0.161 e. The molecule has 4 rings (SSSR count). The molecule has 3 aromatic rings. The molecule has 174 valence electrons. The standard InChI is InChI=1S/C27H33FN4O/c1-19(2)25(33)18-31-12-14-32(15-13-31)27-24(17-21-8-7-11-23(28)16-21)20(3)29-26(30-27)22-9-5-4-6-10-22/h4-11,16,19,25,33H,12-15,17-18H2,1-3H3. The van der Waals surface area contributed by atoms with E-state index >= 15 is 0 Å². The number of hydrogen-bond donors (Lipinski definition) is 1. The summed E-state index contributed by atoms with van der Waals surface area (Å²) >= 11 is 0. The molecule has 1 aromatic heterocycles. The summed E-state index contributed by atoms with van der Waals surface area (Å²) in [6, 6.07) is 16.8. The molecule has 0 amide bonds. The number of piperazine rings is 1. The van der Waals surface area contributed by atoms with Crippen LogP contribution in [0.15, 0.2) is 54.6 Å². The number of halogens is 1. The molecule has 1 aliphatic rings. The molecule has 0 spiro atoms. The number of anilines is 1. The summed E-state index contributed by atoms with van der Waals surface area (Å²) in [6.45, 7) is 10.2. The molecule has 2 heterocycles. The first-order chi connectivity index (χ1) is 15.9. The molecular weight excluding hydrogens is 415 g/mol. The van der Waals surface area contributed by atoms with Crippen LogP contribution in [-0.2, 0) is 6.42 Å². The van der Waals surface area contributed by atoms with Crippen molar-refractivity contribution in [3.8, 4) is 11.4 Å². The van der Waals surface area contributed by atoms with Gasteiger partial charge in [-0.15, -0.1) is 0 Å². The number of aromatic nitrogens is 2. The lowest BCUT2D eigenvalue weighted by Gasteiger charge is -2.37. The summed E-state index contributed by atoms with van der Waals surface area (Å²) in [7, 11) is 0. The SMILES string of the molecule is Cc1nc(-c2ccccc2)nc(N2CCN(CC(O)C(C)C)CC2)c1Cc1cccc(F)c1. The zero-order valence-corrected chi connectivity index (χ0v) is 19.7. The van der Waals surface area contributed by atoms with E-state index in [9.17, 15) is 9.50 Å². The van der Waals surface area contributed by atoms with Crippen LogP contribution in [0, 0.1) is 18.7 Å². The van der Waals surface area contributed by atoms with Crippen molar-refractivity contribution < 1.29 is 9.50 Å². The molecule has 1 saturated heterocycles. The van der Waals surface area contributed by atoms with Crippen LogP contribution >= 0.6 is 0 Å². The van der Waals surface area contributed by atoms with Gasteiger partial charge < -0.3 is 10.0 Å². The molecule has 1 atom stereocenters. The van der Waals surface area contributed by atoms with Crippen LogP contribution in [0.4, 0.5) is 10.2 Å². The van der Waals surface area contributed by atoms with Gasteiger partial charge >= 0.3 is 0 Å². The largest absolute Gasteiger partial charge is 0.392 e. The number of benzene rings is 2. The third-order valence-corrected chi connectivity index (χ3v) is 6.38. The maximum atomic E-state index is 13.8. The van der Waals surface area contributed by atoms with Crippen molar-refractivity contribution in [1.82, 2.24) is 14.9 Å². The van der Waals surface area contributed by atoms with E-state index < -0.39 is 0 Å². The van der Waals surface area contributed by atoms with Crippen molar-refractivity contribution in [3.63, 3.8) is 0 Å². The van der Waals surface area contributed by atoms with E-state index in [1.165, 1.54) is 6.07 Å². The van der Waals surface area contributed by atoms with Gasteiger partial charge in [-0.25, -0.2) is 14.4 Å². The van der Waals surface area contributed by atoms with Crippen LogP contribution in [0.5, 0.6) is 0 Å². The second kappa shape index (κ2) is 10.4. The first kappa shape index (κ1) is 23.3. The summed E-state index contributed by atoms with van der Waals surface area (Å²) in [4.78, 5) is 14.5. The van der Waals surface area contributed by atoms with Gasteiger partial charge in [-0.1, -0.05) is 56.3 Å². The van der Waals surface area contributed by atoms with Gasteiger partial charge in [-0.05, 0) is 30.5 Å². The molecule has 5 nitrogen and oxygen atoms in total. The Morgan fingerprint density at radius 1 is 0.970 bits per heavy atom. The Labute approximate surface area is 195 Å². The Kier molecular flexibility index (Phi) is 7.36. The van der Waals surface area contributed by atoms with E-state index in [4.69, 9.17) is 9.97 Å². The monoisotopic (exact) mass is 448 g/mol. The van der Waals surface area contributed by atoms with Crippen LogP contribution in [0.3, 0.4) is 0 Å². The zero-order valence-electron chi connectivity index (χ0n) is 19.7. The van der Waals surface area contributed by atoms with Gasteiger partial charge in [0.25, 0.3) is 0 Å². The van der Waals surface area contributed by atoms with E-state index in [1.807, 2.05) is 57.2 Å². The lowest BCUT2D eigenvalue weighted by atomic mass is 10.0. The molecule has 1 aliphatic heterocycles. The lowest BCUT2D eigenvalue weighted by Crippen LogP contribution is -2.49. The quantitative estimate of drug-likeness (QED) is 0.583. The maximum absolute atomic E-state index is 13.8. The van der Waals surface area contributed by atoms with Crippen LogP contribution in [0.25, 0.3) is 11.4 Å². The average molecular weight is 449 g/mol. The molecular formula is C27H33FN4O. The highest BCUT2D eigenvalue weighted by Crippen LogP contribution is 2.28. The van der Waals surface area contributed by atoms with Gasteiger partial charge in [0.1, 0.15) is 11.6 Å². The molecule has 0 saturated carbocycles. The van der Waals surface area contributed by atoms with Gasteiger partial charge in [0.15, 0.2) is 5.82 Å². The van der Waals surface area contributed by atoms with Gasteiger partial charge in [-0.2, -0.15) is 0 Å². The van der Waals surface area contributed by atoms with Gasteiger partial charge in [0.05, 0.1) is 6.10 Å². The van der Waals surface area contributed by atoms with E-state index in [-0.39, 0.29) is 17.8 Å². The Morgan fingerprint density at radius 3 is 2.36 bits per heavy atom. The van der Waals surface area contributed by atoms with Crippen LogP contribution < -0.4 is 4.90 Å². The number of aliphatic hydroxyl groups excluding tert-OH is 1. The average Bonchev–Trinajstić information content (AvgIpc) is 2.81. The second-order valence-corrected chi connectivity index (χ2v) is 9.21. The topological polar surface area (TPSA) is 52.5 Å². The molecule has 0 radical (unpaired) electrons. The van der Waals surface area contributed by atoms with Crippen LogP contribution in [-0.4, -0.2) is 58.8 Å². The number of hydrogen-bond acceptors (Lipinski definition) is 5. The minimum atomic E-state index is -0.314. The summed E-state index contributed by atoms with van der Waals surface area (Å²) in [5, 5.41) is 10.3. The van der Waals surface area contributed by atoms with E-state index in [2.05, 4.69) is 9.80 Å². The fourth-order valence-electron chi connectivity index (χ4n) is 4.23. The lowest BCUT2D eigenvalue weighted by molar-refractivity contribution is 0.0738. The van der Waals surface area contributed by atoms with E-state index in [1.54, 1.807) is 12.1 Å². The van der Waals surface area contributed by atoms with Crippen LogP contribution in [0.1, 0.15) is 30.7 Å². The molecule has 1 N–H and O–H groups in total. The predicted octanol–water partition coefficient (Wildman–Crippen LogP) is 4.32. The number of β-amino-alcohol motifs (C(OH)–C–C–N with tert-alkyl or cyclic N) is 1. The van der Waals surface area contributed by atoms with Gasteiger partial charge in [0, 0.05) is 56.0 Å². The third kappa shape index (κ3) is 5.75. The van der Waals surface area contributed by atoms with E-state index in [0.29, 0.717) is 18.8 Å². The second-order valence-electron chi connectivity index (χ2n) is 9.21. The van der Waals surface area contributed by atoms with Gasteiger partial charge in [-0.3, -0.25) is 4.90 Å². The summed E-state index contributed by atoms with van der Waals surface area (Å²) in [5.41, 5.74) is 3.85. The highest BCUT2D eigenvalue weighted by molar-refractivity contribution is 5.61. The molecule has 0 aliphatic carbocycles. The Balaban J connectivity index is 1.63. The molecule has 33 heavy (non-hydrogen) atoms. The van der Waals surface area contributed by atoms with Crippen molar-refractivity contribution >= 4 is 5.82 Å². The summed E-state index contributed by atoms with van der Waals surface area (Å²) in [6.07, 6.45) is 0.270. The summed E-state index contributed by atoms with van der Waals surface area (Å²) < 4.78 is 13.8. The Hall–Kier alpha value is -2.83. The molecule has 1 unspecified atom stereocenters. The van der Waals surface area contributed by atoms with Crippen molar-refractivity contribution in [2.45, 2.75) is 33.3 Å². The minimum absolute atomic E-state index is 0.231. The fraction of sp³-hybridized carbons (Fsp3) is 0.407. The number of aryl methyl sites for hydroxylation is 1. The summed E-state index contributed by atoms with van der Waals surface area (Å²) in [5.74, 6) is 1.66. The molecule has 2 aromatic carbocycles. The third-order valence-electron chi connectivity index (χ3n) is 6.38. The first-order valence-electron chi connectivity index (χ1n) is 11.7. The fourth-order valence-corrected chi connectivity index (χ4v) is 4.23. The van der Waals surface area contributed by atoms with Crippen molar-refractivity contribution in [2.24, 2.45) is 5.92 Å². The highest BCUT2D eigenvalue weighted by Gasteiger charge is 2.25. The molecule has 1 fully saturated rings. The number of nitrogens with zero attached hydrogens (tertiary/aromatic N) is 4. The zero-order chi connectivity index (χ0) is 23.4. The molecule has 6 heteroatoms. The number of aliphatic hydroxyl groups is 1. The number of rotatable bonds is 7. The Bertz CT molecular complexity index is 1060. The highest BCUT2D eigenvalue weighted by atomic mass is 19.1. The Morgan fingerprint density at radius 2 is 1.70 bits per heavy atom. The van der Waals surface area contributed by atoms with E-state index in [0.717, 1.165) is 54.4 Å². The smallest absolute Gasteiger partial charge is 0.161 e. The predicted molar refractivity (Wildman–Crippen MR) is 131 cm³/mol. The van der Waals surface area contributed by atoms with Crippen LogP contribution in [0.2, 0.25) is 0 Å². The van der Waals surface area contributed by atoms with Crippen molar-refractivity contribution in [1.29, 1.82) is 0 Å². The minimum Gasteiger partial charge on any atom is -0.392 e. The molecule has 0 bridgehead atoms. The normalized spacial score (nSPS) is 15.8. The van der Waals surface area contributed by atoms with Crippen molar-refractivity contribution in [2.75, 3.05) is 37.6 Å². The first-order valence-corrected chi connectivity index (χ1v) is 11.7. The van der Waals surface area contributed by atoms with Gasteiger partial charge in [0.2, 0.25) is 0 Å². The van der Waals surface area contributed by atoms with Crippen molar-refractivity contribution in [3.05, 3.63) is 77.2 Å².